The molecule has 0 spiro atoms. The van der Waals surface area contributed by atoms with Gasteiger partial charge in [0.15, 0.2) is 0 Å². The van der Waals surface area contributed by atoms with E-state index in [0.29, 0.717) is 24.0 Å². The zero-order chi connectivity index (χ0) is 15.9. The lowest BCUT2D eigenvalue weighted by molar-refractivity contribution is 0.268. The monoisotopic (exact) mass is 333 g/mol. The van der Waals surface area contributed by atoms with Crippen LogP contribution in [0.25, 0.3) is 0 Å². The van der Waals surface area contributed by atoms with E-state index in [9.17, 15) is 8.42 Å². The van der Waals surface area contributed by atoms with Crippen molar-refractivity contribution in [1.82, 2.24) is 14.9 Å². The third-order valence-electron chi connectivity index (χ3n) is 3.44. The predicted molar refractivity (Wildman–Crippen MR) is 89.3 cm³/mol. The lowest BCUT2D eigenvalue weighted by Gasteiger charge is -2.20. The molecule has 122 valence electrons. The second-order valence-corrected chi connectivity index (χ2v) is 8.15. The van der Waals surface area contributed by atoms with Crippen molar-refractivity contribution in [3.8, 4) is 0 Å². The molecule has 1 aromatic rings. The van der Waals surface area contributed by atoms with Crippen molar-refractivity contribution >= 4 is 21.4 Å². The second-order valence-electron chi connectivity index (χ2n) is 5.42. The van der Waals surface area contributed by atoms with Gasteiger partial charge < -0.3 is 10.2 Å². The van der Waals surface area contributed by atoms with Gasteiger partial charge in [-0.3, -0.25) is 0 Å². The van der Waals surface area contributed by atoms with Crippen LogP contribution in [0, 0.1) is 0 Å². The second kappa shape index (κ2) is 8.85. The Morgan fingerprint density at radius 1 is 1.33 bits per heavy atom. The topological polar surface area (TPSA) is 61.4 Å². The van der Waals surface area contributed by atoms with E-state index >= 15 is 0 Å². The summed E-state index contributed by atoms with van der Waals surface area (Å²) in [5, 5.41) is 4.81. The van der Waals surface area contributed by atoms with Crippen LogP contribution in [0.3, 0.4) is 0 Å². The van der Waals surface area contributed by atoms with E-state index < -0.39 is 10.0 Å². The van der Waals surface area contributed by atoms with Crippen LogP contribution in [0.2, 0.25) is 0 Å². The van der Waals surface area contributed by atoms with Gasteiger partial charge in [-0.15, -0.1) is 11.3 Å². The molecule has 21 heavy (non-hydrogen) atoms. The molecule has 0 atom stereocenters. The number of rotatable bonds is 10. The zero-order valence-electron chi connectivity index (χ0n) is 13.3. The van der Waals surface area contributed by atoms with E-state index in [0.717, 1.165) is 24.3 Å². The number of nitrogens with zero attached hydrogens (tertiary/aromatic N) is 1. The fourth-order valence-corrected chi connectivity index (χ4v) is 4.41. The highest BCUT2D eigenvalue weighted by Gasteiger charge is 2.18. The number of unbranched alkanes of at least 4 members (excludes halogenated alkanes) is 1. The molecule has 0 bridgehead atoms. The summed E-state index contributed by atoms with van der Waals surface area (Å²) in [7, 11) is 0.522. The summed E-state index contributed by atoms with van der Waals surface area (Å²) < 4.78 is 27.2. The molecule has 7 heteroatoms. The molecular weight excluding hydrogens is 306 g/mol. The fourth-order valence-electron chi connectivity index (χ4n) is 1.89. The van der Waals surface area contributed by atoms with Crippen molar-refractivity contribution in [2.75, 3.05) is 27.2 Å². The van der Waals surface area contributed by atoms with E-state index in [1.54, 1.807) is 6.07 Å². The molecule has 0 aliphatic heterocycles. The van der Waals surface area contributed by atoms with Gasteiger partial charge in [0.1, 0.15) is 0 Å². The van der Waals surface area contributed by atoms with Gasteiger partial charge in [0, 0.05) is 24.0 Å². The average Bonchev–Trinajstić information content (AvgIpc) is 2.87. The molecule has 0 radical (unpaired) electrons. The molecule has 2 N–H and O–H groups in total. The number of thiophene rings is 1. The summed E-state index contributed by atoms with van der Waals surface area (Å²) in [5.74, 6) is 0. The van der Waals surface area contributed by atoms with Gasteiger partial charge in [-0.25, -0.2) is 13.1 Å². The standard InChI is InChI=1S/C14H27N3O2S2/c1-12(2)17(4)9-6-5-8-16-21(18,19)14-7-10-20-13(14)11-15-3/h7,10,12,15-16H,5-6,8-9,11H2,1-4H3. The van der Waals surface area contributed by atoms with E-state index in [2.05, 4.69) is 35.8 Å². The van der Waals surface area contributed by atoms with Gasteiger partial charge in [0.2, 0.25) is 10.0 Å². The molecule has 0 unspecified atom stereocenters. The highest BCUT2D eigenvalue weighted by Crippen LogP contribution is 2.21. The Kier molecular flexibility index (Phi) is 7.83. The summed E-state index contributed by atoms with van der Waals surface area (Å²) in [4.78, 5) is 3.52. The Morgan fingerprint density at radius 2 is 2.05 bits per heavy atom. The van der Waals surface area contributed by atoms with Crippen LogP contribution in [0.1, 0.15) is 31.6 Å². The minimum Gasteiger partial charge on any atom is -0.315 e. The Hall–Kier alpha value is -0.470. The zero-order valence-corrected chi connectivity index (χ0v) is 15.0. The smallest absolute Gasteiger partial charge is 0.241 e. The SMILES string of the molecule is CNCc1sccc1S(=O)(=O)NCCCCN(C)C(C)C. The van der Waals surface area contributed by atoms with Crippen LogP contribution in [0.4, 0.5) is 0 Å². The summed E-state index contributed by atoms with van der Waals surface area (Å²) in [5.41, 5.74) is 0. The van der Waals surface area contributed by atoms with Crippen LogP contribution in [-0.4, -0.2) is 46.5 Å². The highest BCUT2D eigenvalue weighted by molar-refractivity contribution is 7.89. The first-order valence-corrected chi connectivity index (χ1v) is 9.65. The molecule has 1 aromatic heterocycles. The van der Waals surface area contributed by atoms with Crippen LogP contribution >= 0.6 is 11.3 Å². The van der Waals surface area contributed by atoms with Crippen LogP contribution in [0.5, 0.6) is 0 Å². The van der Waals surface area contributed by atoms with Crippen molar-refractivity contribution in [3.63, 3.8) is 0 Å². The van der Waals surface area contributed by atoms with Crippen molar-refractivity contribution < 1.29 is 8.42 Å². The van der Waals surface area contributed by atoms with E-state index in [4.69, 9.17) is 0 Å². The Balaban J connectivity index is 2.41. The summed E-state index contributed by atoms with van der Waals surface area (Å²) in [6.45, 7) is 6.37. The maximum absolute atomic E-state index is 12.3. The quantitative estimate of drug-likeness (QED) is 0.642. The summed E-state index contributed by atoms with van der Waals surface area (Å²) >= 11 is 1.46. The molecule has 0 amide bonds. The third-order valence-corrected chi connectivity index (χ3v) is 6.04. The van der Waals surface area contributed by atoms with Crippen LogP contribution < -0.4 is 10.0 Å². The fraction of sp³-hybridized carbons (Fsp3) is 0.714. The van der Waals surface area contributed by atoms with Gasteiger partial charge >= 0.3 is 0 Å². The van der Waals surface area contributed by atoms with Gasteiger partial charge in [0.05, 0.1) is 4.90 Å². The van der Waals surface area contributed by atoms with Gasteiger partial charge in [-0.05, 0) is 58.8 Å². The number of nitrogens with one attached hydrogen (secondary N) is 2. The van der Waals surface area contributed by atoms with E-state index in [-0.39, 0.29) is 0 Å². The highest BCUT2D eigenvalue weighted by atomic mass is 32.2. The molecule has 0 saturated carbocycles. The largest absolute Gasteiger partial charge is 0.315 e. The molecule has 1 heterocycles. The van der Waals surface area contributed by atoms with Crippen molar-refractivity contribution in [3.05, 3.63) is 16.3 Å². The first kappa shape index (κ1) is 18.6. The van der Waals surface area contributed by atoms with Gasteiger partial charge in [0.25, 0.3) is 0 Å². The Labute approximate surface area is 132 Å². The van der Waals surface area contributed by atoms with Crippen molar-refractivity contribution in [2.24, 2.45) is 0 Å². The maximum Gasteiger partial charge on any atom is 0.241 e. The minimum absolute atomic E-state index is 0.404. The predicted octanol–water partition coefficient (Wildman–Crippen LogP) is 1.87. The molecule has 0 aromatic carbocycles. The lowest BCUT2D eigenvalue weighted by atomic mass is 10.2. The first-order valence-electron chi connectivity index (χ1n) is 7.29. The molecule has 5 nitrogen and oxygen atoms in total. The average molecular weight is 334 g/mol. The first-order chi connectivity index (χ1) is 9.88. The molecular formula is C14H27N3O2S2. The lowest BCUT2D eigenvalue weighted by Crippen LogP contribution is -2.29. The number of hydrogen-bond donors (Lipinski definition) is 2. The number of sulfonamides is 1. The van der Waals surface area contributed by atoms with Gasteiger partial charge in [-0.2, -0.15) is 0 Å². The summed E-state index contributed by atoms with van der Waals surface area (Å²) in [6.07, 6.45) is 1.84. The Bertz CT molecular complexity index is 512. The van der Waals surface area contributed by atoms with Gasteiger partial charge in [-0.1, -0.05) is 0 Å². The molecule has 1 rings (SSSR count). The van der Waals surface area contributed by atoms with Crippen LogP contribution in [0.15, 0.2) is 16.3 Å². The van der Waals surface area contributed by atoms with Crippen molar-refractivity contribution in [1.29, 1.82) is 0 Å². The minimum atomic E-state index is -3.38. The number of hydrogen-bond acceptors (Lipinski definition) is 5. The van der Waals surface area contributed by atoms with Crippen LogP contribution in [-0.2, 0) is 16.6 Å². The van der Waals surface area contributed by atoms with E-state index in [1.165, 1.54) is 11.3 Å². The normalized spacial score (nSPS) is 12.5. The summed E-state index contributed by atoms with van der Waals surface area (Å²) in [6, 6.07) is 2.20. The maximum atomic E-state index is 12.3. The van der Waals surface area contributed by atoms with Crippen molar-refractivity contribution in [2.45, 2.75) is 44.2 Å². The molecule has 0 fully saturated rings. The van der Waals surface area contributed by atoms with E-state index in [1.807, 2.05) is 12.4 Å². The molecule has 0 aliphatic rings. The molecule has 0 saturated heterocycles. The Morgan fingerprint density at radius 3 is 2.67 bits per heavy atom. The third kappa shape index (κ3) is 6.04. The molecule has 0 aliphatic carbocycles.